The lowest BCUT2D eigenvalue weighted by Gasteiger charge is -2.16. The van der Waals surface area contributed by atoms with E-state index in [1.165, 1.54) is 9.13 Å². The van der Waals surface area contributed by atoms with Gasteiger partial charge in [-0.1, -0.05) is 32.0 Å². The van der Waals surface area contributed by atoms with Gasteiger partial charge in [0.05, 0.1) is 13.2 Å². The van der Waals surface area contributed by atoms with Crippen LogP contribution in [0.25, 0.3) is 0 Å². The molecule has 0 aliphatic heterocycles. The van der Waals surface area contributed by atoms with E-state index in [4.69, 9.17) is 4.74 Å². The van der Waals surface area contributed by atoms with E-state index in [0.717, 1.165) is 6.29 Å². The Hall–Kier alpha value is -0.420. The Morgan fingerprint density at radius 1 is 1.40 bits per heavy atom. The van der Waals surface area contributed by atoms with Gasteiger partial charge in [0.1, 0.15) is 6.29 Å². The molecule has 0 amide bonds. The molecule has 1 aromatic rings. The highest BCUT2D eigenvalue weighted by atomic mass is 127. The molecule has 0 saturated carbocycles. The number of ether oxygens (including phenoxy) is 1. The molecular formula is C12H15IO2. The summed E-state index contributed by atoms with van der Waals surface area (Å²) in [5, 5.41) is 0. The highest BCUT2D eigenvalue weighted by Crippen LogP contribution is 2.15. The van der Waals surface area contributed by atoms with Gasteiger partial charge >= 0.3 is 0 Å². The van der Waals surface area contributed by atoms with Crippen LogP contribution in [0.15, 0.2) is 24.3 Å². The van der Waals surface area contributed by atoms with Crippen molar-refractivity contribution in [2.24, 2.45) is 5.41 Å². The molecule has 0 aromatic heterocycles. The van der Waals surface area contributed by atoms with Gasteiger partial charge in [0.15, 0.2) is 0 Å². The first kappa shape index (κ1) is 12.6. The molecule has 1 aromatic carbocycles. The van der Waals surface area contributed by atoms with Crippen molar-refractivity contribution >= 4 is 28.9 Å². The fourth-order valence-electron chi connectivity index (χ4n) is 1.07. The summed E-state index contributed by atoms with van der Waals surface area (Å²) in [6.45, 7) is 4.77. The number of halogens is 1. The van der Waals surface area contributed by atoms with E-state index in [1.54, 1.807) is 0 Å². The Kier molecular flexibility index (Phi) is 4.73. The van der Waals surface area contributed by atoms with E-state index in [2.05, 4.69) is 22.6 Å². The average Bonchev–Trinajstić information content (AvgIpc) is 2.21. The van der Waals surface area contributed by atoms with Crippen LogP contribution in [0.5, 0.6) is 0 Å². The maximum atomic E-state index is 10.7. The van der Waals surface area contributed by atoms with Gasteiger partial charge in [0.2, 0.25) is 0 Å². The number of hydrogen-bond acceptors (Lipinski definition) is 2. The number of rotatable bonds is 5. The van der Waals surface area contributed by atoms with Gasteiger partial charge < -0.3 is 9.53 Å². The molecule has 0 N–H and O–H groups in total. The second-order valence-electron chi connectivity index (χ2n) is 4.19. The maximum absolute atomic E-state index is 10.7. The summed E-state index contributed by atoms with van der Waals surface area (Å²) in [7, 11) is 0. The first-order valence-corrected chi connectivity index (χ1v) is 5.90. The fourth-order valence-corrected chi connectivity index (χ4v) is 1.62. The van der Waals surface area contributed by atoms with Crippen LogP contribution in [0.2, 0.25) is 0 Å². The average molecular weight is 318 g/mol. The smallest absolute Gasteiger partial charge is 0.127 e. The molecule has 0 unspecified atom stereocenters. The van der Waals surface area contributed by atoms with Crippen molar-refractivity contribution < 1.29 is 9.53 Å². The van der Waals surface area contributed by atoms with Gasteiger partial charge in [-0.3, -0.25) is 0 Å². The molecule has 0 aliphatic carbocycles. The minimum absolute atomic E-state index is 0.389. The fraction of sp³-hybridized carbons (Fsp3) is 0.417. The Morgan fingerprint density at radius 2 is 2.07 bits per heavy atom. The van der Waals surface area contributed by atoms with E-state index in [9.17, 15) is 4.79 Å². The molecule has 0 aliphatic rings. The van der Waals surface area contributed by atoms with Crippen molar-refractivity contribution in [1.82, 2.24) is 0 Å². The van der Waals surface area contributed by atoms with Gasteiger partial charge in [-0.15, -0.1) is 0 Å². The second kappa shape index (κ2) is 5.61. The lowest BCUT2D eigenvalue weighted by molar-refractivity contribution is -0.117. The van der Waals surface area contributed by atoms with E-state index in [-0.39, 0.29) is 5.41 Å². The zero-order chi connectivity index (χ0) is 11.3. The largest absolute Gasteiger partial charge is 0.376 e. The molecule has 0 heterocycles. The zero-order valence-corrected chi connectivity index (χ0v) is 11.2. The van der Waals surface area contributed by atoms with E-state index in [0.29, 0.717) is 13.2 Å². The van der Waals surface area contributed by atoms with Crippen LogP contribution >= 0.6 is 22.6 Å². The molecular weight excluding hydrogens is 303 g/mol. The molecule has 0 atom stereocenters. The van der Waals surface area contributed by atoms with Crippen LogP contribution in [-0.4, -0.2) is 12.9 Å². The topological polar surface area (TPSA) is 26.3 Å². The monoisotopic (exact) mass is 318 g/mol. The molecule has 0 radical (unpaired) electrons. The van der Waals surface area contributed by atoms with Crippen LogP contribution < -0.4 is 0 Å². The Labute approximate surface area is 104 Å². The van der Waals surface area contributed by atoms with Gasteiger partial charge in [0.25, 0.3) is 0 Å². The quantitative estimate of drug-likeness (QED) is 0.616. The number of hydrogen-bond donors (Lipinski definition) is 0. The van der Waals surface area contributed by atoms with E-state index < -0.39 is 0 Å². The number of benzene rings is 1. The predicted molar refractivity (Wildman–Crippen MR) is 68.7 cm³/mol. The van der Waals surface area contributed by atoms with Crippen LogP contribution in [0.3, 0.4) is 0 Å². The maximum Gasteiger partial charge on any atom is 0.127 e. The van der Waals surface area contributed by atoms with E-state index >= 15 is 0 Å². The van der Waals surface area contributed by atoms with Gasteiger partial charge in [-0.25, -0.2) is 0 Å². The molecule has 15 heavy (non-hydrogen) atoms. The molecule has 3 heteroatoms. The lowest BCUT2D eigenvalue weighted by Crippen LogP contribution is -2.20. The van der Waals surface area contributed by atoms with E-state index in [1.807, 2.05) is 38.1 Å². The van der Waals surface area contributed by atoms with Crippen molar-refractivity contribution in [1.29, 1.82) is 0 Å². The summed E-state index contributed by atoms with van der Waals surface area (Å²) in [5.41, 5.74) is 0.778. The minimum atomic E-state index is -0.389. The Balaban J connectivity index is 2.45. The lowest BCUT2D eigenvalue weighted by atomic mass is 9.98. The molecule has 0 bridgehead atoms. The summed E-state index contributed by atoms with van der Waals surface area (Å²) in [6.07, 6.45) is 0.933. The first-order chi connectivity index (χ1) is 7.05. The second-order valence-corrected chi connectivity index (χ2v) is 5.35. The van der Waals surface area contributed by atoms with Crippen molar-refractivity contribution in [3.8, 4) is 0 Å². The molecule has 82 valence electrons. The molecule has 2 nitrogen and oxygen atoms in total. The first-order valence-electron chi connectivity index (χ1n) is 4.83. The highest BCUT2D eigenvalue weighted by Gasteiger charge is 2.16. The minimum Gasteiger partial charge on any atom is -0.376 e. The van der Waals surface area contributed by atoms with Gasteiger partial charge in [-0.2, -0.15) is 0 Å². The summed E-state index contributed by atoms with van der Waals surface area (Å²) in [4.78, 5) is 10.7. The number of carbonyl (C=O) groups excluding carboxylic acids is 1. The zero-order valence-electron chi connectivity index (χ0n) is 9.00. The molecule has 0 spiro atoms. The molecule has 0 fully saturated rings. The highest BCUT2D eigenvalue weighted by molar-refractivity contribution is 14.1. The van der Waals surface area contributed by atoms with Crippen molar-refractivity contribution in [2.75, 3.05) is 6.61 Å². The normalized spacial score (nSPS) is 11.4. The number of aldehydes is 1. The van der Waals surface area contributed by atoms with Crippen LogP contribution in [0.1, 0.15) is 19.4 Å². The summed E-state index contributed by atoms with van der Waals surface area (Å²) >= 11 is 2.28. The van der Waals surface area contributed by atoms with Gasteiger partial charge in [0, 0.05) is 8.99 Å². The van der Waals surface area contributed by atoms with Crippen LogP contribution in [0, 0.1) is 8.99 Å². The standard InChI is InChI=1S/C12H15IO2/c1-12(2,8-14)9-15-7-10-5-3-4-6-11(10)13/h3-6,8H,7,9H2,1-2H3. The summed E-state index contributed by atoms with van der Waals surface area (Å²) in [5.74, 6) is 0. The summed E-state index contributed by atoms with van der Waals surface area (Å²) in [6, 6.07) is 8.08. The third-order valence-electron chi connectivity index (χ3n) is 2.01. The SMILES string of the molecule is CC(C)(C=O)COCc1ccccc1I. The molecule has 1 rings (SSSR count). The van der Waals surface area contributed by atoms with Crippen molar-refractivity contribution in [3.63, 3.8) is 0 Å². The summed E-state index contributed by atoms with van der Waals surface area (Å²) < 4.78 is 6.71. The van der Waals surface area contributed by atoms with Gasteiger partial charge in [-0.05, 0) is 34.2 Å². The Bertz CT molecular complexity index is 334. The van der Waals surface area contributed by atoms with Crippen LogP contribution in [0.4, 0.5) is 0 Å². The number of carbonyl (C=O) groups is 1. The van der Waals surface area contributed by atoms with Crippen molar-refractivity contribution in [3.05, 3.63) is 33.4 Å². The third kappa shape index (κ3) is 4.30. The van der Waals surface area contributed by atoms with Crippen LogP contribution in [-0.2, 0) is 16.1 Å². The predicted octanol–water partition coefficient (Wildman–Crippen LogP) is 3.03. The van der Waals surface area contributed by atoms with Crippen molar-refractivity contribution in [2.45, 2.75) is 20.5 Å². The third-order valence-corrected chi connectivity index (χ3v) is 3.06. The molecule has 0 saturated heterocycles. The Morgan fingerprint density at radius 3 is 2.67 bits per heavy atom.